The number of nitrogens with zero attached hydrogens (tertiary/aromatic N) is 1. The van der Waals surface area contributed by atoms with Gasteiger partial charge in [0, 0.05) is 6.54 Å². The number of likely N-dealkylation sites (tertiary alicyclic amines) is 1. The maximum Gasteiger partial charge on any atom is 0.309 e. The highest BCUT2D eigenvalue weighted by Gasteiger charge is 2.32. The SMILES string of the molecule is Cc1ccc(OCCC(=O)N[C@H](CN2CCCC2)[C@H](OC(=O)CCOc2ccc(C)cc2)c2ccc3c(c2)OCCO3)cc1. The van der Waals surface area contributed by atoms with E-state index >= 15 is 0 Å². The van der Waals surface area contributed by atoms with Gasteiger partial charge in [0.05, 0.1) is 32.1 Å². The maximum absolute atomic E-state index is 13.3. The summed E-state index contributed by atoms with van der Waals surface area (Å²) in [6, 6.07) is 20.5. The summed E-state index contributed by atoms with van der Waals surface area (Å²) in [6.45, 7) is 7.73. The first-order valence-electron chi connectivity index (χ1n) is 15.4. The molecule has 3 aromatic carbocycles. The topological polar surface area (TPSA) is 95.6 Å². The fraction of sp³-hybridized carbons (Fsp3) is 0.429. The molecule has 2 aliphatic heterocycles. The molecule has 1 fully saturated rings. The molecule has 9 nitrogen and oxygen atoms in total. The zero-order valence-corrected chi connectivity index (χ0v) is 25.6. The third-order valence-electron chi connectivity index (χ3n) is 7.73. The zero-order chi connectivity index (χ0) is 30.7. The minimum Gasteiger partial charge on any atom is -0.493 e. The predicted octanol–water partition coefficient (Wildman–Crippen LogP) is 5.18. The zero-order valence-electron chi connectivity index (χ0n) is 25.6. The molecule has 234 valence electrons. The molecule has 0 saturated carbocycles. The number of aryl methyl sites for hydroxylation is 2. The predicted molar refractivity (Wildman–Crippen MR) is 166 cm³/mol. The molecule has 1 saturated heterocycles. The van der Waals surface area contributed by atoms with E-state index in [1.165, 1.54) is 0 Å². The molecule has 2 aliphatic rings. The van der Waals surface area contributed by atoms with Gasteiger partial charge in [0.15, 0.2) is 11.5 Å². The van der Waals surface area contributed by atoms with Crippen molar-refractivity contribution in [3.63, 3.8) is 0 Å². The number of hydrogen-bond acceptors (Lipinski definition) is 8. The number of esters is 1. The van der Waals surface area contributed by atoms with Crippen molar-refractivity contribution in [1.29, 1.82) is 0 Å². The minimum absolute atomic E-state index is 0.0592. The molecule has 0 aromatic heterocycles. The van der Waals surface area contributed by atoms with Crippen LogP contribution in [0.2, 0.25) is 0 Å². The lowest BCUT2D eigenvalue weighted by molar-refractivity contribution is -0.153. The van der Waals surface area contributed by atoms with E-state index < -0.39 is 18.1 Å². The van der Waals surface area contributed by atoms with Gasteiger partial charge < -0.3 is 33.9 Å². The summed E-state index contributed by atoms with van der Waals surface area (Å²) in [6.07, 6.45) is 1.66. The third kappa shape index (κ3) is 9.13. The molecule has 1 N–H and O–H groups in total. The summed E-state index contributed by atoms with van der Waals surface area (Å²) in [7, 11) is 0. The third-order valence-corrected chi connectivity index (χ3v) is 7.73. The maximum atomic E-state index is 13.3. The van der Waals surface area contributed by atoms with Crippen LogP contribution >= 0.6 is 0 Å². The molecule has 3 aromatic rings. The number of hydrogen-bond donors (Lipinski definition) is 1. The first-order valence-corrected chi connectivity index (χ1v) is 15.4. The standard InChI is InChI=1S/C35H42N2O7/c1-25-5-10-28(11-6-25)40-19-15-33(38)36-30(24-37-17-3-4-18-37)35(27-9-14-31-32(23-27)43-22-21-42-31)44-34(39)16-20-41-29-12-7-26(2)8-13-29/h5-14,23,30,35H,3-4,15-22,24H2,1-2H3,(H,36,38)/t30-,35-/m1/s1. The Morgan fingerprint density at radius 3 is 2.02 bits per heavy atom. The van der Waals surface area contributed by atoms with Crippen molar-refractivity contribution in [2.75, 3.05) is 46.1 Å². The van der Waals surface area contributed by atoms with Gasteiger partial charge in [0.25, 0.3) is 0 Å². The van der Waals surface area contributed by atoms with Gasteiger partial charge in [-0.05, 0) is 81.7 Å². The highest BCUT2D eigenvalue weighted by atomic mass is 16.6. The summed E-state index contributed by atoms with van der Waals surface area (Å²) in [5.74, 6) is 2.05. The summed E-state index contributed by atoms with van der Waals surface area (Å²) in [5.41, 5.74) is 3.00. The number of benzene rings is 3. The Morgan fingerprint density at radius 1 is 0.795 bits per heavy atom. The Labute approximate surface area is 259 Å². The summed E-state index contributed by atoms with van der Waals surface area (Å²) in [4.78, 5) is 28.8. The monoisotopic (exact) mass is 602 g/mol. The van der Waals surface area contributed by atoms with Crippen LogP contribution in [0.5, 0.6) is 23.0 Å². The number of carbonyl (C=O) groups is 2. The van der Waals surface area contributed by atoms with E-state index in [1.54, 1.807) is 0 Å². The molecule has 2 atom stereocenters. The van der Waals surface area contributed by atoms with E-state index in [1.807, 2.05) is 80.6 Å². The number of ether oxygens (including phenoxy) is 5. The lowest BCUT2D eigenvalue weighted by atomic mass is 10.00. The molecule has 0 radical (unpaired) electrons. The molecule has 1 amide bonds. The fourth-order valence-electron chi connectivity index (χ4n) is 5.34. The van der Waals surface area contributed by atoms with Crippen LogP contribution in [-0.2, 0) is 14.3 Å². The molecular weight excluding hydrogens is 560 g/mol. The molecule has 0 unspecified atom stereocenters. The molecular formula is C35H42N2O7. The van der Waals surface area contributed by atoms with Crippen LogP contribution in [0.1, 0.15) is 48.5 Å². The molecule has 0 aliphatic carbocycles. The molecule has 5 rings (SSSR count). The van der Waals surface area contributed by atoms with Gasteiger partial charge in [-0.15, -0.1) is 0 Å². The Morgan fingerprint density at radius 2 is 1.39 bits per heavy atom. The molecule has 9 heteroatoms. The van der Waals surface area contributed by atoms with E-state index in [2.05, 4.69) is 10.2 Å². The highest BCUT2D eigenvalue weighted by Crippen LogP contribution is 2.35. The largest absolute Gasteiger partial charge is 0.493 e. The molecule has 0 spiro atoms. The minimum atomic E-state index is -0.750. The summed E-state index contributed by atoms with van der Waals surface area (Å²) < 4.78 is 29.3. The van der Waals surface area contributed by atoms with E-state index in [-0.39, 0.29) is 32.0 Å². The van der Waals surface area contributed by atoms with Crippen molar-refractivity contribution in [2.24, 2.45) is 0 Å². The summed E-state index contributed by atoms with van der Waals surface area (Å²) >= 11 is 0. The smallest absolute Gasteiger partial charge is 0.309 e. The van der Waals surface area contributed by atoms with Gasteiger partial charge >= 0.3 is 5.97 Å². The van der Waals surface area contributed by atoms with Crippen LogP contribution in [-0.4, -0.2) is 68.9 Å². The van der Waals surface area contributed by atoms with Gasteiger partial charge in [0.2, 0.25) is 5.91 Å². The van der Waals surface area contributed by atoms with Crippen LogP contribution in [0.3, 0.4) is 0 Å². The Bertz CT molecular complexity index is 1370. The second kappa shape index (κ2) is 15.5. The van der Waals surface area contributed by atoms with Gasteiger partial charge in [-0.3, -0.25) is 9.59 Å². The fourth-order valence-corrected chi connectivity index (χ4v) is 5.34. The van der Waals surface area contributed by atoms with Crippen molar-refractivity contribution >= 4 is 11.9 Å². The highest BCUT2D eigenvalue weighted by molar-refractivity contribution is 5.76. The van der Waals surface area contributed by atoms with Crippen molar-refractivity contribution in [2.45, 2.75) is 51.7 Å². The number of amides is 1. The van der Waals surface area contributed by atoms with Crippen LogP contribution in [0.4, 0.5) is 0 Å². The van der Waals surface area contributed by atoms with Gasteiger partial charge in [-0.1, -0.05) is 41.5 Å². The number of carbonyl (C=O) groups excluding carboxylic acids is 2. The van der Waals surface area contributed by atoms with Crippen molar-refractivity contribution in [3.8, 4) is 23.0 Å². The van der Waals surface area contributed by atoms with Crippen LogP contribution in [0.25, 0.3) is 0 Å². The molecule has 0 bridgehead atoms. The van der Waals surface area contributed by atoms with Crippen molar-refractivity contribution in [1.82, 2.24) is 10.2 Å². The van der Waals surface area contributed by atoms with E-state index in [0.717, 1.165) is 42.6 Å². The number of rotatable bonds is 14. The van der Waals surface area contributed by atoms with Crippen molar-refractivity contribution in [3.05, 3.63) is 83.4 Å². The molecule has 2 heterocycles. The molecule has 44 heavy (non-hydrogen) atoms. The lowest BCUT2D eigenvalue weighted by Gasteiger charge is -2.32. The van der Waals surface area contributed by atoms with Crippen LogP contribution in [0, 0.1) is 13.8 Å². The van der Waals surface area contributed by atoms with Gasteiger partial charge in [0.1, 0.15) is 30.8 Å². The van der Waals surface area contributed by atoms with Crippen LogP contribution < -0.4 is 24.3 Å². The number of nitrogens with one attached hydrogen (secondary N) is 1. The Hall–Kier alpha value is -4.24. The van der Waals surface area contributed by atoms with E-state index in [0.29, 0.717) is 42.8 Å². The van der Waals surface area contributed by atoms with Gasteiger partial charge in [-0.25, -0.2) is 0 Å². The Balaban J connectivity index is 1.29. The van der Waals surface area contributed by atoms with Gasteiger partial charge in [-0.2, -0.15) is 0 Å². The average molecular weight is 603 g/mol. The second-order valence-electron chi connectivity index (χ2n) is 11.3. The van der Waals surface area contributed by atoms with E-state index in [4.69, 9.17) is 23.7 Å². The van der Waals surface area contributed by atoms with E-state index in [9.17, 15) is 9.59 Å². The lowest BCUT2D eigenvalue weighted by Crippen LogP contribution is -2.48. The van der Waals surface area contributed by atoms with Crippen LogP contribution in [0.15, 0.2) is 66.7 Å². The second-order valence-corrected chi connectivity index (χ2v) is 11.3. The first kappa shape index (κ1) is 31.2. The first-order chi connectivity index (χ1) is 21.4. The quantitative estimate of drug-likeness (QED) is 0.253. The Kier molecular flexibility index (Phi) is 11.0. The summed E-state index contributed by atoms with van der Waals surface area (Å²) in [5, 5.41) is 3.17. The normalized spacial score (nSPS) is 15.7. The number of fused-ring (bicyclic) bond motifs is 1. The van der Waals surface area contributed by atoms with Crippen molar-refractivity contribution < 1.29 is 33.3 Å². The average Bonchev–Trinajstić information content (AvgIpc) is 3.54.